The van der Waals surface area contributed by atoms with E-state index < -0.39 is 13.9 Å². The van der Waals surface area contributed by atoms with Crippen molar-refractivity contribution in [3.05, 3.63) is 35.4 Å². The summed E-state index contributed by atoms with van der Waals surface area (Å²) in [6.45, 7) is 4.04. The first-order valence-corrected chi connectivity index (χ1v) is 7.65. The number of phosphoric acid groups is 1. The Balaban J connectivity index is 2.04. The highest BCUT2D eigenvalue weighted by Crippen LogP contribution is 2.54. The van der Waals surface area contributed by atoms with Gasteiger partial charge in [-0.1, -0.05) is 24.3 Å². The minimum absolute atomic E-state index is 0.00636. The number of rotatable bonds is 4. The summed E-state index contributed by atoms with van der Waals surface area (Å²) in [4.78, 5) is 11.2. The van der Waals surface area contributed by atoms with Crippen LogP contribution in [0.1, 0.15) is 42.3 Å². The number of hydrogen-bond acceptors (Lipinski definition) is 5. The normalized spacial score (nSPS) is 19.9. The molecule has 0 aromatic heterocycles. The molecule has 5 nitrogen and oxygen atoms in total. The Morgan fingerprint density at radius 1 is 1.26 bits per heavy atom. The van der Waals surface area contributed by atoms with Crippen LogP contribution in [0.2, 0.25) is 0 Å². The van der Waals surface area contributed by atoms with E-state index in [9.17, 15) is 9.36 Å². The summed E-state index contributed by atoms with van der Waals surface area (Å²) < 4.78 is 27.6. The van der Waals surface area contributed by atoms with E-state index in [1.807, 2.05) is 0 Å². The molecule has 6 heteroatoms. The Labute approximate surface area is 112 Å². The molecule has 1 aliphatic heterocycles. The van der Waals surface area contributed by atoms with E-state index >= 15 is 0 Å². The molecule has 1 aliphatic rings. The minimum Gasteiger partial charge on any atom is -0.295 e. The van der Waals surface area contributed by atoms with Gasteiger partial charge in [0.15, 0.2) is 5.78 Å². The van der Waals surface area contributed by atoms with Gasteiger partial charge in [-0.3, -0.25) is 18.4 Å². The molecule has 1 atom stereocenters. The molecular weight excluding hydrogens is 267 g/mol. The van der Waals surface area contributed by atoms with Gasteiger partial charge in [0, 0.05) is 5.56 Å². The van der Waals surface area contributed by atoms with Crippen LogP contribution < -0.4 is 0 Å². The van der Waals surface area contributed by atoms with Crippen molar-refractivity contribution in [2.75, 3.05) is 13.2 Å². The third-order valence-electron chi connectivity index (χ3n) is 2.86. The zero-order valence-electron chi connectivity index (χ0n) is 11.0. The number of hydrogen-bond donors (Lipinski definition) is 0. The number of carbonyl (C=O) groups is 1. The third-order valence-corrected chi connectivity index (χ3v) is 4.43. The van der Waals surface area contributed by atoms with Crippen molar-refractivity contribution in [2.24, 2.45) is 0 Å². The highest BCUT2D eigenvalue weighted by Gasteiger charge is 2.32. The molecule has 1 aromatic rings. The lowest BCUT2D eigenvalue weighted by Crippen LogP contribution is -2.11. The summed E-state index contributed by atoms with van der Waals surface area (Å²) in [5.74, 6) is 0.00636. The molecule has 1 aromatic carbocycles. The van der Waals surface area contributed by atoms with E-state index in [-0.39, 0.29) is 5.78 Å². The highest BCUT2D eigenvalue weighted by atomic mass is 31.2. The van der Waals surface area contributed by atoms with Crippen LogP contribution in [0, 0.1) is 0 Å². The Morgan fingerprint density at radius 3 is 2.37 bits per heavy atom. The topological polar surface area (TPSA) is 61.8 Å². The fraction of sp³-hybridized carbons (Fsp3) is 0.462. The predicted molar refractivity (Wildman–Crippen MR) is 70.1 cm³/mol. The van der Waals surface area contributed by atoms with Gasteiger partial charge in [-0.05, 0) is 25.8 Å². The molecule has 1 fully saturated rings. The number of Topliss-reactive ketones (excluding diaryl/α,β-unsaturated/α-hetero) is 1. The molecule has 0 bridgehead atoms. The fourth-order valence-electron chi connectivity index (χ4n) is 1.75. The van der Waals surface area contributed by atoms with Crippen molar-refractivity contribution >= 4 is 13.6 Å². The molecule has 104 valence electrons. The lowest BCUT2D eigenvalue weighted by molar-refractivity contribution is 0.0534. The first-order valence-electron chi connectivity index (χ1n) is 6.18. The van der Waals surface area contributed by atoms with E-state index in [4.69, 9.17) is 13.6 Å². The smallest absolute Gasteiger partial charge is 0.295 e. The molecule has 0 spiro atoms. The van der Waals surface area contributed by atoms with Gasteiger partial charge in [0.25, 0.3) is 0 Å². The molecule has 1 unspecified atom stereocenters. The number of ketones is 1. The third kappa shape index (κ3) is 3.74. The van der Waals surface area contributed by atoms with Gasteiger partial charge in [-0.2, -0.15) is 0 Å². The quantitative estimate of drug-likeness (QED) is 0.625. The zero-order chi connectivity index (χ0) is 13.9. The van der Waals surface area contributed by atoms with Gasteiger partial charge in [-0.25, -0.2) is 4.57 Å². The van der Waals surface area contributed by atoms with Crippen molar-refractivity contribution in [2.45, 2.75) is 26.4 Å². The van der Waals surface area contributed by atoms with Gasteiger partial charge in [0.05, 0.1) is 19.3 Å². The number of carbonyl (C=O) groups excluding carboxylic acids is 1. The maximum absolute atomic E-state index is 12.1. The first-order chi connectivity index (χ1) is 9.00. The maximum Gasteiger partial charge on any atom is 0.475 e. The molecule has 0 saturated carbocycles. The van der Waals surface area contributed by atoms with Crippen LogP contribution in [-0.2, 0) is 18.1 Å². The minimum atomic E-state index is -3.43. The van der Waals surface area contributed by atoms with E-state index in [1.54, 1.807) is 31.2 Å². The second-order valence-corrected chi connectivity index (χ2v) is 6.01. The molecule has 0 N–H and O–H groups in total. The SMILES string of the molecule is CC(=O)c1ccc(C(C)OP2(=O)OCCCO2)cc1. The van der Waals surface area contributed by atoms with Crippen molar-refractivity contribution in [1.82, 2.24) is 0 Å². The van der Waals surface area contributed by atoms with Crippen LogP contribution in [0.4, 0.5) is 0 Å². The van der Waals surface area contributed by atoms with E-state index in [1.165, 1.54) is 6.92 Å². The molecule has 1 saturated heterocycles. The van der Waals surface area contributed by atoms with Gasteiger partial charge < -0.3 is 0 Å². The van der Waals surface area contributed by atoms with Gasteiger partial charge in [0.1, 0.15) is 0 Å². The van der Waals surface area contributed by atoms with Crippen LogP contribution in [0.5, 0.6) is 0 Å². The number of benzene rings is 1. The van der Waals surface area contributed by atoms with E-state index in [2.05, 4.69) is 0 Å². The van der Waals surface area contributed by atoms with Crippen LogP contribution in [0.3, 0.4) is 0 Å². The number of phosphoric ester groups is 1. The monoisotopic (exact) mass is 284 g/mol. The lowest BCUT2D eigenvalue weighted by Gasteiger charge is -2.25. The van der Waals surface area contributed by atoms with Gasteiger partial charge in [-0.15, -0.1) is 0 Å². The summed E-state index contributed by atoms with van der Waals surface area (Å²) in [6.07, 6.45) is 0.291. The first kappa shape index (κ1) is 14.4. The van der Waals surface area contributed by atoms with Gasteiger partial charge >= 0.3 is 7.82 Å². The summed E-state index contributed by atoms with van der Waals surface area (Å²) in [6, 6.07) is 6.99. The molecule has 2 rings (SSSR count). The van der Waals surface area contributed by atoms with Crippen molar-refractivity contribution < 1.29 is 22.9 Å². The predicted octanol–water partition coefficient (Wildman–Crippen LogP) is 3.51. The average Bonchev–Trinajstić information content (AvgIpc) is 2.39. The van der Waals surface area contributed by atoms with Crippen molar-refractivity contribution in [3.8, 4) is 0 Å². The molecule has 1 heterocycles. The molecule has 0 aliphatic carbocycles. The standard InChI is InChI=1S/C13H17O5P/c1-10(14)12-4-6-13(7-5-12)11(2)18-19(15)16-8-3-9-17-19/h4-7,11H,3,8-9H2,1-2H3. The molecular formula is C13H17O5P. The molecule has 0 amide bonds. The fourth-order valence-corrected chi connectivity index (χ4v) is 3.16. The summed E-state index contributed by atoms with van der Waals surface area (Å²) in [5, 5.41) is 0. The van der Waals surface area contributed by atoms with Crippen molar-refractivity contribution in [1.29, 1.82) is 0 Å². The lowest BCUT2D eigenvalue weighted by atomic mass is 10.1. The zero-order valence-corrected chi connectivity index (χ0v) is 11.9. The average molecular weight is 284 g/mol. The Kier molecular flexibility index (Phi) is 4.53. The Morgan fingerprint density at radius 2 is 1.84 bits per heavy atom. The molecule has 19 heavy (non-hydrogen) atoms. The second kappa shape index (κ2) is 5.97. The Hall–Kier alpha value is -1.00. The van der Waals surface area contributed by atoms with E-state index in [0.717, 1.165) is 12.0 Å². The van der Waals surface area contributed by atoms with Crippen LogP contribution >= 0.6 is 7.82 Å². The summed E-state index contributed by atoms with van der Waals surface area (Å²) in [5.41, 5.74) is 1.45. The Bertz CT molecular complexity index is 486. The van der Waals surface area contributed by atoms with Crippen LogP contribution in [-0.4, -0.2) is 19.0 Å². The highest BCUT2D eigenvalue weighted by molar-refractivity contribution is 7.48. The molecule has 0 radical (unpaired) electrons. The maximum atomic E-state index is 12.1. The largest absolute Gasteiger partial charge is 0.475 e. The summed E-state index contributed by atoms with van der Waals surface area (Å²) >= 11 is 0. The second-order valence-electron chi connectivity index (χ2n) is 4.39. The van der Waals surface area contributed by atoms with E-state index in [0.29, 0.717) is 18.8 Å². The van der Waals surface area contributed by atoms with Gasteiger partial charge in [0.2, 0.25) is 0 Å². The van der Waals surface area contributed by atoms with Crippen molar-refractivity contribution in [3.63, 3.8) is 0 Å². The van der Waals surface area contributed by atoms with Crippen LogP contribution in [0.25, 0.3) is 0 Å². The van der Waals surface area contributed by atoms with Crippen LogP contribution in [0.15, 0.2) is 24.3 Å². The summed E-state index contributed by atoms with van der Waals surface area (Å²) in [7, 11) is -3.43.